The fourth-order valence-corrected chi connectivity index (χ4v) is 4.03. The zero-order valence-electron chi connectivity index (χ0n) is 23.2. The topological polar surface area (TPSA) is 258 Å². The van der Waals surface area contributed by atoms with Crippen molar-refractivity contribution >= 4 is 41.5 Å². The lowest BCUT2D eigenvalue weighted by atomic mass is 10.0. The molecule has 1 heterocycles. The van der Waals surface area contributed by atoms with Crippen LogP contribution >= 0.6 is 0 Å². The van der Waals surface area contributed by atoms with Gasteiger partial charge in [0.15, 0.2) is 0 Å². The van der Waals surface area contributed by atoms with Crippen molar-refractivity contribution in [2.75, 3.05) is 6.54 Å². The van der Waals surface area contributed by atoms with Gasteiger partial charge in [0.25, 0.3) is 0 Å². The first-order chi connectivity index (χ1) is 18.5. The monoisotopic (exact) mass is 572 g/mol. The second-order valence-corrected chi connectivity index (χ2v) is 10.1. The number of aliphatic hydroxyl groups excluding tert-OH is 1. The van der Waals surface area contributed by atoms with Crippen LogP contribution in [0.15, 0.2) is 0 Å². The molecule has 0 radical (unpaired) electrons. The molecule has 16 heteroatoms. The van der Waals surface area contributed by atoms with Gasteiger partial charge in [-0.25, -0.2) is 4.79 Å². The Bertz CT molecular complexity index is 987. The van der Waals surface area contributed by atoms with Crippen LogP contribution in [0, 0.1) is 5.92 Å². The van der Waals surface area contributed by atoms with E-state index in [1.807, 2.05) is 0 Å². The van der Waals surface area contributed by atoms with Crippen LogP contribution in [0.3, 0.4) is 0 Å². The van der Waals surface area contributed by atoms with Crippen LogP contribution in [0.5, 0.6) is 0 Å². The maximum absolute atomic E-state index is 13.1. The summed E-state index contributed by atoms with van der Waals surface area (Å²) in [5.74, 6) is -6.90. The minimum absolute atomic E-state index is 0.174. The van der Waals surface area contributed by atoms with Crippen molar-refractivity contribution in [2.45, 2.75) is 96.2 Å². The third-order valence-corrected chi connectivity index (χ3v) is 6.34. The predicted molar refractivity (Wildman–Crippen MR) is 138 cm³/mol. The maximum atomic E-state index is 13.1. The van der Waals surface area contributed by atoms with Crippen molar-refractivity contribution in [3.05, 3.63) is 0 Å². The van der Waals surface area contributed by atoms with Gasteiger partial charge in [-0.3, -0.25) is 28.8 Å². The highest BCUT2D eigenvalue weighted by molar-refractivity contribution is 5.96. The van der Waals surface area contributed by atoms with Crippen LogP contribution in [-0.4, -0.2) is 111 Å². The summed E-state index contributed by atoms with van der Waals surface area (Å²) in [6.07, 6.45) is -1.33. The molecule has 9 N–H and O–H groups in total. The number of nitrogens with one attached hydrogen (secondary N) is 4. The van der Waals surface area contributed by atoms with Crippen molar-refractivity contribution in [2.24, 2.45) is 11.7 Å². The van der Waals surface area contributed by atoms with Crippen LogP contribution in [0.1, 0.15) is 53.9 Å². The van der Waals surface area contributed by atoms with Crippen LogP contribution in [0.2, 0.25) is 0 Å². The molecule has 1 saturated heterocycles. The summed E-state index contributed by atoms with van der Waals surface area (Å²) < 4.78 is 0. The third-order valence-electron chi connectivity index (χ3n) is 6.34. The number of carbonyl (C=O) groups excluding carboxylic acids is 5. The van der Waals surface area contributed by atoms with E-state index in [0.29, 0.717) is 6.42 Å². The van der Waals surface area contributed by atoms with Gasteiger partial charge in [-0.15, -0.1) is 0 Å². The van der Waals surface area contributed by atoms with Crippen LogP contribution < -0.4 is 27.0 Å². The number of rotatable bonds is 14. The van der Waals surface area contributed by atoms with Gasteiger partial charge in [0.2, 0.25) is 29.5 Å². The van der Waals surface area contributed by atoms with Crippen LogP contribution in [0.4, 0.5) is 0 Å². The van der Waals surface area contributed by atoms with Gasteiger partial charge < -0.3 is 47.2 Å². The van der Waals surface area contributed by atoms with E-state index < -0.39 is 96.2 Å². The second kappa shape index (κ2) is 15.1. The number of carbonyl (C=O) groups is 7. The number of hydrogen-bond acceptors (Lipinski definition) is 9. The van der Waals surface area contributed by atoms with Crippen molar-refractivity contribution in [1.82, 2.24) is 26.2 Å². The molecule has 7 atom stereocenters. The molecule has 1 rings (SSSR count). The number of likely N-dealkylation sites (tertiary alicyclic amines) is 1. The zero-order valence-corrected chi connectivity index (χ0v) is 23.2. The number of aliphatic carboxylic acids is 2. The molecular weight excluding hydrogens is 532 g/mol. The molecule has 5 amide bonds. The quantitative estimate of drug-likeness (QED) is 0.103. The molecular formula is C24H40N6O10. The number of carboxylic acid groups (broad SMARTS) is 2. The minimum Gasteiger partial charge on any atom is -0.481 e. The van der Waals surface area contributed by atoms with Gasteiger partial charge in [0, 0.05) is 6.54 Å². The summed E-state index contributed by atoms with van der Waals surface area (Å²) >= 11 is 0. The normalized spacial score (nSPS) is 19.4. The minimum atomic E-state index is -1.49. The lowest BCUT2D eigenvalue weighted by Crippen LogP contribution is -2.60. The van der Waals surface area contributed by atoms with E-state index in [9.17, 15) is 43.8 Å². The molecule has 226 valence electrons. The summed E-state index contributed by atoms with van der Waals surface area (Å²) in [7, 11) is 0. The summed E-state index contributed by atoms with van der Waals surface area (Å²) in [5, 5.41) is 37.5. The molecule has 0 aromatic carbocycles. The Hall–Kier alpha value is -3.79. The third kappa shape index (κ3) is 9.75. The van der Waals surface area contributed by atoms with Crippen LogP contribution in [0.25, 0.3) is 0 Å². The fourth-order valence-electron chi connectivity index (χ4n) is 4.03. The molecule has 16 nitrogen and oxygen atoms in total. The molecule has 1 aliphatic rings. The molecule has 0 bridgehead atoms. The molecule has 0 aromatic rings. The Morgan fingerprint density at radius 1 is 0.825 bits per heavy atom. The Morgan fingerprint density at radius 2 is 1.40 bits per heavy atom. The van der Waals surface area contributed by atoms with Crippen molar-refractivity contribution in [3.63, 3.8) is 0 Å². The highest BCUT2D eigenvalue weighted by Gasteiger charge is 2.39. The lowest BCUT2D eigenvalue weighted by Gasteiger charge is -2.30. The maximum Gasteiger partial charge on any atom is 0.326 e. The van der Waals surface area contributed by atoms with E-state index in [1.54, 1.807) is 13.8 Å². The van der Waals surface area contributed by atoms with Crippen molar-refractivity contribution in [3.8, 4) is 0 Å². The van der Waals surface area contributed by atoms with Gasteiger partial charge >= 0.3 is 11.9 Å². The fraction of sp³-hybridized carbons (Fsp3) is 0.708. The lowest BCUT2D eigenvalue weighted by molar-refractivity contribution is -0.145. The molecule has 1 fully saturated rings. The highest BCUT2D eigenvalue weighted by atomic mass is 16.4. The molecule has 0 aliphatic carbocycles. The first-order valence-electron chi connectivity index (χ1n) is 12.9. The number of nitrogens with zero attached hydrogens (tertiary/aromatic N) is 1. The van der Waals surface area contributed by atoms with Crippen molar-refractivity contribution < 1.29 is 48.9 Å². The van der Waals surface area contributed by atoms with E-state index in [4.69, 9.17) is 10.8 Å². The van der Waals surface area contributed by atoms with Gasteiger partial charge in [0.05, 0.1) is 18.6 Å². The average Bonchev–Trinajstić information content (AvgIpc) is 3.33. The number of aliphatic hydroxyl groups is 1. The smallest absolute Gasteiger partial charge is 0.326 e. The Balaban J connectivity index is 2.84. The van der Waals surface area contributed by atoms with E-state index in [1.165, 1.54) is 25.7 Å². The molecule has 0 saturated carbocycles. The number of nitrogens with two attached hydrogens (primary N) is 1. The molecule has 0 unspecified atom stereocenters. The van der Waals surface area contributed by atoms with Crippen LogP contribution in [-0.2, 0) is 33.6 Å². The number of amides is 5. The zero-order chi connectivity index (χ0) is 30.9. The summed E-state index contributed by atoms with van der Waals surface area (Å²) in [6, 6.07) is -7.40. The van der Waals surface area contributed by atoms with Gasteiger partial charge in [-0.1, -0.05) is 13.8 Å². The second-order valence-electron chi connectivity index (χ2n) is 10.1. The molecule has 1 aliphatic heterocycles. The Labute approximate surface area is 231 Å². The predicted octanol–water partition coefficient (Wildman–Crippen LogP) is -3.12. The van der Waals surface area contributed by atoms with Gasteiger partial charge in [-0.2, -0.15) is 0 Å². The van der Waals surface area contributed by atoms with Crippen molar-refractivity contribution in [1.29, 1.82) is 0 Å². The van der Waals surface area contributed by atoms with E-state index in [0.717, 1.165) is 0 Å². The number of carboxylic acids is 2. The first kappa shape index (κ1) is 34.2. The summed E-state index contributed by atoms with van der Waals surface area (Å²) in [5.41, 5.74) is 5.47. The summed E-state index contributed by atoms with van der Waals surface area (Å²) in [4.78, 5) is 86.7. The van der Waals surface area contributed by atoms with Gasteiger partial charge in [0.1, 0.15) is 30.2 Å². The highest BCUT2D eigenvalue weighted by Crippen LogP contribution is 2.19. The first-order valence-corrected chi connectivity index (χ1v) is 12.9. The molecule has 0 aromatic heterocycles. The molecule has 40 heavy (non-hydrogen) atoms. The standard InChI is InChI=1S/C24H40N6O10/c1-10(2)17(24(39)40)28-22(37)18(13(5)31)29-21(36)15-7-6-8-30(15)23(38)12(4)27-19(34)11(3)26-20(35)14(25)9-16(32)33/h10-15,17-18,31H,6-9,25H2,1-5H3,(H,26,35)(H,27,34)(H,28,37)(H,29,36)(H,32,33)(H,39,40)/t11-,12-,13+,14-,15-,17-,18-/m0/s1. The largest absolute Gasteiger partial charge is 0.481 e. The molecule has 0 spiro atoms. The van der Waals surface area contributed by atoms with E-state index >= 15 is 0 Å². The van der Waals surface area contributed by atoms with Gasteiger partial charge in [-0.05, 0) is 39.5 Å². The van der Waals surface area contributed by atoms with E-state index in [-0.39, 0.29) is 13.0 Å². The Morgan fingerprint density at radius 3 is 1.90 bits per heavy atom. The van der Waals surface area contributed by atoms with E-state index in [2.05, 4.69) is 21.3 Å². The average molecular weight is 573 g/mol. The SMILES string of the molecule is CC(C)[C@H](NC(=O)[C@@H](NC(=O)[C@@H]1CCCN1C(=O)[C@H](C)NC(=O)[C@H](C)NC(=O)[C@@H](N)CC(=O)O)[C@@H](C)O)C(=O)O. The Kier molecular flexibility index (Phi) is 12.9. The summed E-state index contributed by atoms with van der Waals surface area (Å²) in [6.45, 7) is 7.29. The number of hydrogen-bond donors (Lipinski definition) is 8.